The first-order valence-corrected chi connectivity index (χ1v) is 7.23. The molecule has 2 aliphatic heterocycles. The second-order valence-corrected chi connectivity index (χ2v) is 4.96. The average molecular weight is 352 g/mol. The van der Waals surface area contributed by atoms with Crippen LogP contribution in [-0.2, 0) is 28.8 Å². The Bertz CT molecular complexity index is 628. The van der Waals surface area contributed by atoms with Crippen LogP contribution in [0.25, 0.3) is 0 Å². The number of carbonyl (C=O) groups is 6. The highest BCUT2D eigenvalue weighted by Crippen LogP contribution is 2.05. The fourth-order valence-corrected chi connectivity index (χ4v) is 1.90. The van der Waals surface area contributed by atoms with E-state index in [-0.39, 0.29) is 37.7 Å². The predicted molar refractivity (Wildman–Crippen MR) is 80.8 cm³/mol. The van der Waals surface area contributed by atoms with E-state index in [0.717, 1.165) is 22.0 Å². The van der Waals surface area contributed by atoms with Crippen molar-refractivity contribution in [2.45, 2.75) is 19.3 Å². The molecule has 0 fully saturated rings. The number of aliphatic carboxylic acids is 2. The van der Waals surface area contributed by atoms with E-state index in [0.29, 0.717) is 6.42 Å². The standard InChI is InChI=1S/C8H9NO4.C7H7NO4/c10-6-3-4-7(11)9(6)5-1-2-8(12)13;9-5-1-2-6(10)8(5)4-3-7(11)12/h3-4H,1-2,5H2,(H,12,13);1-2H,3-4H2,(H,11,12). The number of imide groups is 2. The third kappa shape index (κ3) is 6.37. The number of hydrogen-bond donors (Lipinski definition) is 2. The zero-order valence-corrected chi connectivity index (χ0v) is 13.1. The average Bonchev–Trinajstić information content (AvgIpc) is 3.01. The van der Waals surface area contributed by atoms with Crippen LogP contribution in [-0.4, -0.2) is 68.7 Å². The lowest BCUT2D eigenvalue weighted by Crippen LogP contribution is -2.31. The van der Waals surface area contributed by atoms with Gasteiger partial charge in [0.1, 0.15) is 0 Å². The number of hydrogen-bond acceptors (Lipinski definition) is 6. The molecule has 0 aromatic rings. The number of nitrogens with zero attached hydrogens (tertiary/aromatic N) is 2. The molecule has 25 heavy (non-hydrogen) atoms. The third-order valence-electron chi connectivity index (χ3n) is 3.12. The minimum atomic E-state index is -1.03. The molecule has 2 N–H and O–H groups in total. The summed E-state index contributed by atoms with van der Waals surface area (Å²) in [6.07, 6.45) is 4.69. The molecule has 2 heterocycles. The third-order valence-corrected chi connectivity index (χ3v) is 3.12. The maximum atomic E-state index is 10.9. The van der Waals surface area contributed by atoms with E-state index in [9.17, 15) is 28.8 Å². The number of carbonyl (C=O) groups excluding carboxylic acids is 4. The van der Waals surface area contributed by atoms with E-state index < -0.39 is 23.8 Å². The van der Waals surface area contributed by atoms with E-state index in [2.05, 4.69) is 0 Å². The fraction of sp³-hybridized carbons (Fsp3) is 0.333. The van der Waals surface area contributed by atoms with Crippen LogP contribution in [0.4, 0.5) is 0 Å². The SMILES string of the molecule is O=C(O)CCCN1C(=O)C=CC1=O.O=C(O)CCN1C(=O)C=CC1=O. The van der Waals surface area contributed by atoms with Crippen molar-refractivity contribution in [2.24, 2.45) is 0 Å². The van der Waals surface area contributed by atoms with Gasteiger partial charge in [-0.15, -0.1) is 0 Å². The van der Waals surface area contributed by atoms with Gasteiger partial charge in [-0.2, -0.15) is 0 Å². The zero-order valence-electron chi connectivity index (χ0n) is 13.1. The summed E-state index contributed by atoms with van der Waals surface area (Å²) in [5.41, 5.74) is 0. The summed E-state index contributed by atoms with van der Waals surface area (Å²) in [4.78, 5) is 65.7. The van der Waals surface area contributed by atoms with E-state index in [1.54, 1.807) is 0 Å². The first-order valence-electron chi connectivity index (χ1n) is 7.23. The lowest BCUT2D eigenvalue weighted by molar-refractivity contribution is -0.141. The molecule has 0 aromatic heterocycles. The summed E-state index contributed by atoms with van der Waals surface area (Å²) in [7, 11) is 0. The van der Waals surface area contributed by atoms with Crippen LogP contribution in [0.15, 0.2) is 24.3 Å². The Morgan fingerprint density at radius 2 is 1.04 bits per heavy atom. The molecule has 0 bridgehead atoms. The second-order valence-electron chi connectivity index (χ2n) is 4.96. The number of amides is 4. The minimum absolute atomic E-state index is 0.0307. The molecular weight excluding hydrogens is 336 g/mol. The van der Waals surface area contributed by atoms with Crippen molar-refractivity contribution in [1.82, 2.24) is 9.80 Å². The van der Waals surface area contributed by atoms with Gasteiger partial charge in [-0.3, -0.25) is 38.6 Å². The van der Waals surface area contributed by atoms with Gasteiger partial charge < -0.3 is 10.2 Å². The summed E-state index contributed by atoms with van der Waals surface area (Å²) in [6, 6.07) is 0. The van der Waals surface area contributed by atoms with E-state index in [1.165, 1.54) is 12.2 Å². The van der Waals surface area contributed by atoms with Crippen LogP contribution < -0.4 is 0 Å². The molecule has 2 aliphatic rings. The van der Waals surface area contributed by atoms with Gasteiger partial charge in [0.15, 0.2) is 0 Å². The molecule has 0 spiro atoms. The highest BCUT2D eigenvalue weighted by molar-refractivity contribution is 6.13. The monoisotopic (exact) mass is 352 g/mol. The van der Waals surface area contributed by atoms with Gasteiger partial charge in [-0.05, 0) is 6.42 Å². The van der Waals surface area contributed by atoms with Gasteiger partial charge in [0.05, 0.1) is 6.42 Å². The van der Waals surface area contributed by atoms with E-state index in [4.69, 9.17) is 10.2 Å². The summed E-state index contributed by atoms with van der Waals surface area (Å²) in [5, 5.41) is 16.6. The van der Waals surface area contributed by atoms with Gasteiger partial charge in [0.2, 0.25) is 0 Å². The Kier molecular flexibility index (Phi) is 7.19. The zero-order chi connectivity index (χ0) is 19.0. The van der Waals surface area contributed by atoms with Crippen LogP contribution >= 0.6 is 0 Å². The van der Waals surface area contributed by atoms with Crippen LogP contribution in [0.5, 0.6) is 0 Å². The van der Waals surface area contributed by atoms with Gasteiger partial charge >= 0.3 is 11.9 Å². The molecule has 10 nitrogen and oxygen atoms in total. The van der Waals surface area contributed by atoms with Crippen LogP contribution in [0.2, 0.25) is 0 Å². The maximum Gasteiger partial charge on any atom is 0.305 e. The van der Waals surface area contributed by atoms with Crippen molar-refractivity contribution in [1.29, 1.82) is 0 Å². The number of carboxylic acid groups (broad SMARTS) is 2. The topological polar surface area (TPSA) is 149 Å². The Morgan fingerprint density at radius 1 is 0.680 bits per heavy atom. The van der Waals surface area contributed by atoms with E-state index in [1.807, 2.05) is 0 Å². The largest absolute Gasteiger partial charge is 0.481 e. The van der Waals surface area contributed by atoms with Gasteiger partial charge in [0, 0.05) is 43.8 Å². The second kappa shape index (κ2) is 9.11. The molecule has 0 saturated heterocycles. The fourth-order valence-electron chi connectivity index (χ4n) is 1.90. The quantitative estimate of drug-likeness (QED) is 0.563. The highest BCUT2D eigenvalue weighted by atomic mass is 16.4. The van der Waals surface area contributed by atoms with Crippen molar-refractivity contribution in [3.05, 3.63) is 24.3 Å². The summed E-state index contributed by atoms with van der Waals surface area (Å²) < 4.78 is 0. The summed E-state index contributed by atoms with van der Waals surface area (Å²) >= 11 is 0. The Morgan fingerprint density at radius 3 is 1.40 bits per heavy atom. The van der Waals surface area contributed by atoms with Crippen molar-refractivity contribution < 1.29 is 39.0 Å². The molecule has 10 heteroatoms. The van der Waals surface area contributed by atoms with Crippen LogP contribution in [0.1, 0.15) is 19.3 Å². The Labute approximate surface area is 142 Å². The normalized spacial score (nSPS) is 15.7. The molecule has 2 rings (SSSR count). The summed E-state index contributed by atoms with van der Waals surface area (Å²) in [5.74, 6) is -3.57. The molecule has 134 valence electrons. The predicted octanol–water partition coefficient (Wildman–Crippen LogP) is -0.838. The van der Waals surface area contributed by atoms with Crippen LogP contribution in [0.3, 0.4) is 0 Å². The van der Waals surface area contributed by atoms with E-state index >= 15 is 0 Å². The van der Waals surface area contributed by atoms with Gasteiger partial charge in [-0.1, -0.05) is 0 Å². The molecule has 4 amide bonds. The Hall–Kier alpha value is -3.30. The molecule has 0 atom stereocenters. The van der Waals surface area contributed by atoms with Crippen molar-refractivity contribution in [3.63, 3.8) is 0 Å². The molecule has 0 saturated carbocycles. The minimum Gasteiger partial charge on any atom is -0.481 e. The smallest absolute Gasteiger partial charge is 0.305 e. The highest BCUT2D eigenvalue weighted by Gasteiger charge is 2.23. The maximum absolute atomic E-state index is 10.9. The van der Waals surface area contributed by atoms with Gasteiger partial charge in [-0.25, -0.2) is 0 Å². The lowest BCUT2D eigenvalue weighted by Gasteiger charge is -2.11. The molecule has 0 aliphatic carbocycles. The molecule has 0 aromatic carbocycles. The Balaban J connectivity index is 0.000000251. The first-order chi connectivity index (χ1) is 11.7. The summed E-state index contributed by atoms with van der Waals surface area (Å²) in [6.45, 7) is 0.122. The van der Waals surface area contributed by atoms with Gasteiger partial charge in [0.25, 0.3) is 23.6 Å². The molecule has 0 unspecified atom stereocenters. The number of carboxylic acids is 2. The first kappa shape index (κ1) is 19.7. The van der Waals surface area contributed by atoms with Crippen molar-refractivity contribution in [2.75, 3.05) is 13.1 Å². The molecular formula is C15H16N2O8. The lowest BCUT2D eigenvalue weighted by atomic mass is 10.3. The van der Waals surface area contributed by atoms with Crippen LogP contribution in [0, 0.1) is 0 Å². The number of rotatable bonds is 7. The van der Waals surface area contributed by atoms with Crippen molar-refractivity contribution in [3.8, 4) is 0 Å². The molecule has 0 radical (unpaired) electrons. The van der Waals surface area contributed by atoms with Crippen molar-refractivity contribution >= 4 is 35.6 Å².